The van der Waals surface area contributed by atoms with Crippen LogP contribution >= 0.6 is 23.4 Å². The fraction of sp³-hybridized carbons (Fsp3) is 0.182. The summed E-state index contributed by atoms with van der Waals surface area (Å²) >= 11 is 7.39. The SMILES string of the molecule is CCOc1ccc2nc(Nc3nc(SCc4ccc(Cl)cc4)cc(=O)[nH]3)nc(C)c2c1. The van der Waals surface area contributed by atoms with Gasteiger partial charge in [-0.05, 0) is 49.7 Å². The number of aromatic nitrogens is 4. The molecule has 4 aromatic rings. The molecule has 0 saturated heterocycles. The number of ether oxygens (including phenoxy) is 1. The van der Waals surface area contributed by atoms with Gasteiger partial charge in [-0.3, -0.25) is 15.1 Å². The lowest BCUT2D eigenvalue weighted by molar-refractivity contribution is 0.340. The molecule has 0 spiro atoms. The first-order chi connectivity index (χ1) is 15.0. The molecule has 0 atom stereocenters. The maximum atomic E-state index is 12.1. The average Bonchev–Trinajstić information content (AvgIpc) is 2.74. The molecule has 0 saturated carbocycles. The number of halogens is 1. The Morgan fingerprint density at radius 3 is 2.68 bits per heavy atom. The smallest absolute Gasteiger partial charge is 0.253 e. The van der Waals surface area contributed by atoms with Crippen LogP contribution in [-0.4, -0.2) is 26.5 Å². The van der Waals surface area contributed by atoms with Crippen LogP contribution in [0, 0.1) is 6.92 Å². The largest absolute Gasteiger partial charge is 0.494 e. The Bertz CT molecular complexity index is 1280. The predicted octanol–water partition coefficient (Wildman–Crippen LogP) is 5.11. The molecule has 4 rings (SSSR count). The van der Waals surface area contributed by atoms with Crippen molar-refractivity contribution in [3.8, 4) is 5.75 Å². The van der Waals surface area contributed by atoms with E-state index in [0.717, 1.165) is 27.9 Å². The van der Waals surface area contributed by atoms with Crippen molar-refractivity contribution >= 4 is 46.2 Å². The van der Waals surface area contributed by atoms with Crippen molar-refractivity contribution in [2.75, 3.05) is 11.9 Å². The molecule has 0 radical (unpaired) electrons. The second-order valence-electron chi connectivity index (χ2n) is 6.72. The lowest BCUT2D eigenvalue weighted by Gasteiger charge is -2.10. The summed E-state index contributed by atoms with van der Waals surface area (Å²) in [7, 11) is 0. The molecule has 2 aromatic heterocycles. The van der Waals surface area contributed by atoms with Gasteiger partial charge in [0.2, 0.25) is 11.9 Å². The molecule has 158 valence electrons. The van der Waals surface area contributed by atoms with Crippen molar-refractivity contribution in [3.05, 3.63) is 75.2 Å². The zero-order valence-corrected chi connectivity index (χ0v) is 18.5. The molecule has 0 aliphatic carbocycles. The van der Waals surface area contributed by atoms with Gasteiger partial charge in [-0.1, -0.05) is 23.7 Å². The summed E-state index contributed by atoms with van der Waals surface area (Å²) in [5.41, 5.74) is 2.40. The third-order valence-corrected chi connectivity index (χ3v) is 5.65. The maximum absolute atomic E-state index is 12.1. The van der Waals surface area contributed by atoms with Crippen molar-refractivity contribution in [1.29, 1.82) is 0 Å². The average molecular weight is 454 g/mol. The van der Waals surface area contributed by atoms with Crippen molar-refractivity contribution in [1.82, 2.24) is 19.9 Å². The molecule has 31 heavy (non-hydrogen) atoms. The summed E-state index contributed by atoms with van der Waals surface area (Å²) in [6.45, 7) is 4.44. The van der Waals surface area contributed by atoms with E-state index in [2.05, 4.69) is 25.3 Å². The molecular formula is C22H20ClN5O2S. The number of rotatable bonds is 7. The summed E-state index contributed by atoms with van der Waals surface area (Å²) in [5, 5.41) is 5.21. The third kappa shape index (κ3) is 5.34. The van der Waals surface area contributed by atoms with Crippen LogP contribution in [0.3, 0.4) is 0 Å². The highest BCUT2D eigenvalue weighted by atomic mass is 35.5. The standard InChI is InChI=1S/C22H20ClN5O2S/c1-3-30-16-8-9-18-17(10-16)13(2)24-21(25-18)28-22-26-19(29)11-20(27-22)31-12-14-4-6-15(23)7-5-14/h4-11H,3,12H2,1-2H3,(H2,24,25,26,27,28,29). The number of nitrogens with one attached hydrogen (secondary N) is 2. The van der Waals surface area contributed by atoms with Crippen molar-refractivity contribution in [3.63, 3.8) is 0 Å². The molecule has 0 aliphatic rings. The van der Waals surface area contributed by atoms with Crippen LogP contribution in [0.25, 0.3) is 10.9 Å². The molecule has 9 heteroatoms. The molecule has 2 N–H and O–H groups in total. The Kier molecular flexibility index (Phi) is 6.39. The predicted molar refractivity (Wildman–Crippen MR) is 125 cm³/mol. The summed E-state index contributed by atoms with van der Waals surface area (Å²) in [6.07, 6.45) is 0. The number of anilines is 2. The second kappa shape index (κ2) is 9.36. The molecule has 7 nitrogen and oxygen atoms in total. The fourth-order valence-electron chi connectivity index (χ4n) is 2.99. The molecule has 0 aliphatic heterocycles. The molecule has 0 fully saturated rings. The van der Waals surface area contributed by atoms with Gasteiger partial charge in [0.25, 0.3) is 5.56 Å². The second-order valence-corrected chi connectivity index (χ2v) is 8.15. The Labute approximate surface area is 188 Å². The molecule has 2 aromatic carbocycles. The van der Waals surface area contributed by atoms with E-state index < -0.39 is 0 Å². The fourth-order valence-corrected chi connectivity index (χ4v) is 3.96. The number of hydrogen-bond donors (Lipinski definition) is 2. The highest BCUT2D eigenvalue weighted by Crippen LogP contribution is 2.25. The number of benzene rings is 2. The molecule has 0 amide bonds. The van der Waals surface area contributed by atoms with Crippen LogP contribution in [0.1, 0.15) is 18.2 Å². The van der Waals surface area contributed by atoms with Gasteiger partial charge >= 0.3 is 0 Å². The summed E-state index contributed by atoms with van der Waals surface area (Å²) in [4.78, 5) is 28.3. The van der Waals surface area contributed by atoms with Gasteiger partial charge in [0, 0.05) is 22.2 Å². The summed E-state index contributed by atoms with van der Waals surface area (Å²) in [5.74, 6) is 2.09. The molecule has 2 heterocycles. The van der Waals surface area contributed by atoms with E-state index in [1.807, 2.05) is 56.3 Å². The van der Waals surface area contributed by atoms with E-state index in [9.17, 15) is 4.79 Å². The Morgan fingerprint density at radius 2 is 1.90 bits per heavy atom. The van der Waals surface area contributed by atoms with Gasteiger partial charge in [-0.25, -0.2) is 15.0 Å². The normalized spacial score (nSPS) is 10.9. The number of thioether (sulfide) groups is 1. The minimum absolute atomic E-state index is 0.255. The van der Waals surface area contributed by atoms with Gasteiger partial charge < -0.3 is 4.74 Å². The maximum Gasteiger partial charge on any atom is 0.253 e. The number of fused-ring (bicyclic) bond motifs is 1. The first kappa shape index (κ1) is 21.1. The lowest BCUT2D eigenvalue weighted by atomic mass is 10.2. The Hall–Kier alpha value is -3.10. The zero-order chi connectivity index (χ0) is 21.8. The van der Waals surface area contributed by atoms with Crippen LogP contribution < -0.4 is 15.6 Å². The highest BCUT2D eigenvalue weighted by Gasteiger charge is 2.09. The highest BCUT2D eigenvalue weighted by molar-refractivity contribution is 7.98. The van der Waals surface area contributed by atoms with Crippen molar-refractivity contribution in [2.45, 2.75) is 24.6 Å². The first-order valence-electron chi connectivity index (χ1n) is 9.67. The minimum atomic E-state index is -0.255. The number of H-pyrrole nitrogens is 1. The minimum Gasteiger partial charge on any atom is -0.494 e. The summed E-state index contributed by atoms with van der Waals surface area (Å²) in [6, 6.07) is 14.7. The number of hydrogen-bond acceptors (Lipinski definition) is 7. The Morgan fingerprint density at radius 1 is 1.10 bits per heavy atom. The van der Waals surface area contributed by atoms with E-state index in [1.165, 1.54) is 17.8 Å². The summed E-state index contributed by atoms with van der Waals surface area (Å²) < 4.78 is 5.55. The zero-order valence-electron chi connectivity index (χ0n) is 17.0. The lowest BCUT2D eigenvalue weighted by Crippen LogP contribution is -2.11. The van der Waals surface area contributed by atoms with Gasteiger partial charge in [-0.2, -0.15) is 0 Å². The van der Waals surface area contributed by atoms with Crippen molar-refractivity contribution in [2.24, 2.45) is 0 Å². The number of aromatic amines is 1. The Balaban J connectivity index is 1.54. The van der Waals surface area contributed by atoms with Crippen LogP contribution in [-0.2, 0) is 5.75 Å². The quantitative estimate of drug-likeness (QED) is 0.296. The van der Waals surface area contributed by atoms with E-state index in [1.54, 1.807) is 0 Å². The van der Waals surface area contributed by atoms with Gasteiger partial charge in [0.05, 0.1) is 17.8 Å². The van der Waals surface area contributed by atoms with Gasteiger partial charge in [0.15, 0.2) is 0 Å². The van der Waals surface area contributed by atoms with Crippen LogP contribution in [0.4, 0.5) is 11.9 Å². The van der Waals surface area contributed by atoms with Crippen LogP contribution in [0.2, 0.25) is 5.02 Å². The monoisotopic (exact) mass is 453 g/mol. The topological polar surface area (TPSA) is 92.8 Å². The number of nitrogens with zero attached hydrogens (tertiary/aromatic N) is 3. The molecule has 0 unspecified atom stereocenters. The first-order valence-corrected chi connectivity index (χ1v) is 11.0. The van der Waals surface area contributed by atoms with Gasteiger partial charge in [-0.15, -0.1) is 11.8 Å². The van der Waals surface area contributed by atoms with Crippen molar-refractivity contribution < 1.29 is 4.74 Å². The van der Waals surface area contributed by atoms with Gasteiger partial charge in [0.1, 0.15) is 10.8 Å². The van der Waals surface area contributed by atoms with Crippen LogP contribution in [0.15, 0.2) is 58.4 Å². The molecule has 0 bridgehead atoms. The van der Waals surface area contributed by atoms with E-state index in [4.69, 9.17) is 16.3 Å². The third-order valence-electron chi connectivity index (χ3n) is 4.42. The van der Waals surface area contributed by atoms with E-state index in [0.29, 0.717) is 28.4 Å². The van der Waals surface area contributed by atoms with E-state index >= 15 is 0 Å². The van der Waals surface area contributed by atoms with Crippen LogP contribution in [0.5, 0.6) is 5.75 Å². The van der Waals surface area contributed by atoms with E-state index in [-0.39, 0.29) is 11.5 Å². The molecular weight excluding hydrogens is 434 g/mol. The number of aryl methyl sites for hydroxylation is 1.